The highest BCUT2D eigenvalue weighted by molar-refractivity contribution is 7.98. The minimum absolute atomic E-state index is 0.132. The Morgan fingerprint density at radius 1 is 1.19 bits per heavy atom. The number of aromatic nitrogens is 2. The molecule has 0 radical (unpaired) electrons. The Kier molecular flexibility index (Phi) is 4.98. The average molecular weight is 366 g/mol. The number of carbonyl (C=O) groups excluding carboxylic acids is 1. The lowest BCUT2D eigenvalue weighted by Gasteiger charge is -2.32. The molecule has 2 aromatic heterocycles. The number of pyridine rings is 1. The first-order valence-corrected chi connectivity index (χ1v) is 10.5. The van der Waals surface area contributed by atoms with E-state index in [0.717, 1.165) is 47.7 Å². The second-order valence-electron chi connectivity index (χ2n) is 6.89. The Labute approximate surface area is 158 Å². The SMILES string of the molecule is CSCC1CCCN(C(=O)c2ccc3nc(-c4ccccc4)cn3c2)C1. The van der Waals surface area contributed by atoms with Crippen LogP contribution in [0.5, 0.6) is 0 Å². The Hall–Kier alpha value is -2.27. The van der Waals surface area contributed by atoms with E-state index >= 15 is 0 Å². The highest BCUT2D eigenvalue weighted by Gasteiger charge is 2.24. The quantitative estimate of drug-likeness (QED) is 0.695. The van der Waals surface area contributed by atoms with E-state index in [-0.39, 0.29) is 5.91 Å². The van der Waals surface area contributed by atoms with Crippen LogP contribution in [0, 0.1) is 5.92 Å². The van der Waals surface area contributed by atoms with Crippen LogP contribution in [0.2, 0.25) is 0 Å². The summed E-state index contributed by atoms with van der Waals surface area (Å²) in [5.41, 5.74) is 3.60. The fourth-order valence-corrected chi connectivity index (χ4v) is 4.41. The number of hydrogen-bond donors (Lipinski definition) is 0. The Bertz CT molecular complexity index is 904. The van der Waals surface area contributed by atoms with Crippen LogP contribution >= 0.6 is 11.8 Å². The van der Waals surface area contributed by atoms with Gasteiger partial charge in [0.15, 0.2) is 0 Å². The van der Waals surface area contributed by atoms with Crippen LogP contribution in [-0.2, 0) is 0 Å². The number of carbonyl (C=O) groups is 1. The number of piperidine rings is 1. The number of rotatable bonds is 4. The molecule has 3 heterocycles. The van der Waals surface area contributed by atoms with Gasteiger partial charge in [-0.15, -0.1) is 0 Å². The van der Waals surface area contributed by atoms with Gasteiger partial charge in [0.05, 0.1) is 11.3 Å². The molecule has 1 aliphatic rings. The molecule has 0 saturated carbocycles. The summed E-state index contributed by atoms with van der Waals surface area (Å²) in [5, 5.41) is 0. The van der Waals surface area contributed by atoms with Crippen molar-refractivity contribution >= 4 is 23.3 Å². The second-order valence-corrected chi connectivity index (χ2v) is 7.80. The first-order valence-electron chi connectivity index (χ1n) is 9.07. The molecule has 4 rings (SSSR count). The van der Waals surface area contributed by atoms with Crippen molar-refractivity contribution in [2.24, 2.45) is 5.92 Å². The summed E-state index contributed by atoms with van der Waals surface area (Å²) in [7, 11) is 0. The third-order valence-electron chi connectivity index (χ3n) is 4.98. The number of benzene rings is 1. The molecule has 4 nitrogen and oxygen atoms in total. The molecule has 1 amide bonds. The lowest BCUT2D eigenvalue weighted by Crippen LogP contribution is -2.40. The molecule has 1 unspecified atom stereocenters. The van der Waals surface area contributed by atoms with Gasteiger partial charge in [-0.1, -0.05) is 30.3 Å². The van der Waals surface area contributed by atoms with Gasteiger partial charge in [-0.05, 0) is 42.9 Å². The van der Waals surface area contributed by atoms with E-state index in [1.165, 1.54) is 6.42 Å². The van der Waals surface area contributed by atoms with Crippen LogP contribution in [0.4, 0.5) is 0 Å². The lowest BCUT2D eigenvalue weighted by atomic mass is 9.99. The summed E-state index contributed by atoms with van der Waals surface area (Å²) >= 11 is 1.87. The van der Waals surface area contributed by atoms with E-state index in [9.17, 15) is 4.79 Å². The molecular weight excluding hydrogens is 342 g/mol. The van der Waals surface area contributed by atoms with E-state index in [1.54, 1.807) is 0 Å². The summed E-state index contributed by atoms with van der Waals surface area (Å²) in [4.78, 5) is 19.6. The van der Waals surface area contributed by atoms with Crippen molar-refractivity contribution in [1.82, 2.24) is 14.3 Å². The summed E-state index contributed by atoms with van der Waals surface area (Å²) < 4.78 is 1.96. The summed E-state index contributed by atoms with van der Waals surface area (Å²) in [6.07, 6.45) is 8.37. The van der Waals surface area contributed by atoms with E-state index < -0.39 is 0 Å². The summed E-state index contributed by atoms with van der Waals surface area (Å²) in [6.45, 7) is 1.73. The van der Waals surface area contributed by atoms with Crippen LogP contribution in [0.25, 0.3) is 16.9 Å². The smallest absolute Gasteiger partial charge is 0.255 e. The topological polar surface area (TPSA) is 37.6 Å². The standard InChI is InChI=1S/C21H23N3OS/c1-26-15-16-6-5-11-23(12-16)21(25)18-9-10-20-22-19(14-24(20)13-18)17-7-3-2-4-8-17/h2-4,7-10,13-14,16H,5-6,11-12,15H2,1H3. The fraction of sp³-hybridized carbons (Fsp3) is 0.333. The van der Waals surface area contributed by atoms with Crippen molar-refractivity contribution in [3.63, 3.8) is 0 Å². The zero-order chi connectivity index (χ0) is 17.9. The monoisotopic (exact) mass is 365 g/mol. The molecule has 0 N–H and O–H groups in total. The molecule has 134 valence electrons. The van der Waals surface area contributed by atoms with Gasteiger partial charge in [0.2, 0.25) is 0 Å². The third-order valence-corrected chi connectivity index (χ3v) is 5.78. The van der Waals surface area contributed by atoms with Gasteiger partial charge in [0, 0.05) is 31.0 Å². The summed E-state index contributed by atoms with van der Waals surface area (Å²) in [6, 6.07) is 14.0. The molecule has 26 heavy (non-hydrogen) atoms. The molecule has 1 atom stereocenters. The van der Waals surface area contributed by atoms with Crippen LogP contribution < -0.4 is 0 Å². The summed E-state index contributed by atoms with van der Waals surface area (Å²) in [5.74, 6) is 1.88. The molecule has 1 aromatic carbocycles. The minimum atomic E-state index is 0.132. The fourth-order valence-electron chi connectivity index (χ4n) is 3.67. The maximum atomic E-state index is 13.0. The van der Waals surface area contributed by atoms with Crippen molar-refractivity contribution in [3.8, 4) is 11.3 Å². The Morgan fingerprint density at radius 3 is 2.85 bits per heavy atom. The van der Waals surface area contributed by atoms with Crippen molar-refractivity contribution in [3.05, 3.63) is 60.4 Å². The highest BCUT2D eigenvalue weighted by Crippen LogP contribution is 2.23. The van der Waals surface area contributed by atoms with Crippen LogP contribution in [0.1, 0.15) is 23.2 Å². The van der Waals surface area contributed by atoms with Gasteiger partial charge in [0.1, 0.15) is 5.65 Å². The first-order chi connectivity index (χ1) is 12.7. The van der Waals surface area contributed by atoms with Gasteiger partial charge in [0.25, 0.3) is 5.91 Å². The van der Waals surface area contributed by atoms with Gasteiger partial charge in [-0.2, -0.15) is 11.8 Å². The van der Waals surface area contributed by atoms with Gasteiger partial charge in [-0.3, -0.25) is 4.79 Å². The predicted octanol–water partition coefficient (Wildman–Crippen LogP) is 4.22. The minimum Gasteiger partial charge on any atom is -0.338 e. The number of imidazole rings is 1. The zero-order valence-corrected chi connectivity index (χ0v) is 15.8. The number of hydrogen-bond acceptors (Lipinski definition) is 3. The van der Waals surface area contributed by atoms with E-state index in [2.05, 4.69) is 11.2 Å². The van der Waals surface area contributed by atoms with Crippen molar-refractivity contribution < 1.29 is 4.79 Å². The maximum absolute atomic E-state index is 13.0. The number of amides is 1. The van der Waals surface area contributed by atoms with Crippen LogP contribution in [0.15, 0.2) is 54.9 Å². The van der Waals surface area contributed by atoms with Crippen molar-refractivity contribution in [2.45, 2.75) is 12.8 Å². The zero-order valence-electron chi connectivity index (χ0n) is 15.0. The predicted molar refractivity (Wildman–Crippen MR) is 108 cm³/mol. The highest BCUT2D eigenvalue weighted by atomic mass is 32.2. The molecule has 3 aromatic rings. The van der Waals surface area contributed by atoms with Crippen molar-refractivity contribution in [1.29, 1.82) is 0 Å². The molecule has 1 saturated heterocycles. The first kappa shape index (κ1) is 17.2. The normalized spacial score (nSPS) is 17.6. The van der Waals surface area contributed by atoms with Crippen LogP contribution in [-0.4, -0.2) is 45.3 Å². The molecule has 0 aliphatic carbocycles. The van der Waals surface area contributed by atoms with Gasteiger partial charge >= 0.3 is 0 Å². The average Bonchev–Trinajstić information content (AvgIpc) is 3.12. The Morgan fingerprint density at radius 2 is 2.04 bits per heavy atom. The van der Waals surface area contributed by atoms with E-state index in [0.29, 0.717) is 5.92 Å². The molecule has 0 bridgehead atoms. The maximum Gasteiger partial charge on any atom is 0.255 e. The molecule has 0 spiro atoms. The molecule has 1 fully saturated rings. The largest absolute Gasteiger partial charge is 0.338 e. The van der Waals surface area contributed by atoms with Gasteiger partial charge in [-0.25, -0.2) is 4.98 Å². The molecule has 5 heteroatoms. The second kappa shape index (κ2) is 7.54. The number of fused-ring (bicyclic) bond motifs is 1. The van der Waals surface area contributed by atoms with Crippen molar-refractivity contribution in [2.75, 3.05) is 25.1 Å². The van der Waals surface area contributed by atoms with E-state index in [4.69, 9.17) is 0 Å². The molecular formula is C21H23N3OS. The third kappa shape index (κ3) is 3.49. The molecule has 1 aliphatic heterocycles. The Balaban J connectivity index is 1.58. The number of nitrogens with zero attached hydrogens (tertiary/aromatic N) is 3. The van der Waals surface area contributed by atoms with E-state index in [1.807, 2.05) is 75.9 Å². The van der Waals surface area contributed by atoms with Gasteiger partial charge < -0.3 is 9.30 Å². The lowest BCUT2D eigenvalue weighted by molar-refractivity contribution is 0.0685. The van der Waals surface area contributed by atoms with Crippen LogP contribution in [0.3, 0.4) is 0 Å². The number of likely N-dealkylation sites (tertiary alicyclic amines) is 1. The number of thioether (sulfide) groups is 1.